The molecule has 0 bridgehead atoms. The van der Waals surface area contributed by atoms with Crippen molar-refractivity contribution in [2.45, 2.75) is 33.2 Å². The van der Waals surface area contributed by atoms with E-state index in [9.17, 15) is 4.79 Å². The molecule has 0 radical (unpaired) electrons. The number of rotatable bonds is 8. The first kappa shape index (κ1) is 16.4. The smallest absolute Gasteiger partial charge is 0.237 e. The number of hydrogen-bond acceptors (Lipinski definition) is 4. The Morgan fingerprint density at radius 1 is 1.26 bits per heavy atom. The van der Waals surface area contributed by atoms with Gasteiger partial charge in [0.2, 0.25) is 5.91 Å². The van der Waals surface area contributed by atoms with E-state index in [1.165, 1.54) is 0 Å². The van der Waals surface area contributed by atoms with Crippen LogP contribution in [-0.2, 0) is 9.53 Å². The van der Waals surface area contributed by atoms with Crippen molar-refractivity contribution in [3.8, 4) is 0 Å². The Morgan fingerprint density at radius 3 is 2.53 bits per heavy atom. The van der Waals surface area contributed by atoms with Crippen LogP contribution in [0, 0.1) is 0 Å². The molecule has 1 rings (SSSR count). The lowest BCUT2D eigenvalue weighted by molar-refractivity contribution is -0.126. The van der Waals surface area contributed by atoms with Gasteiger partial charge in [0.05, 0.1) is 6.04 Å². The molecule has 19 heavy (non-hydrogen) atoms. The van der Waals surface area contributed by atoms with E-state index in [1.807, 2.05) is 13.8 Å². The van der Waals surface area contributed by atoms with Crippen molar-refractivity contribution in [2.75, 3.05) is 52.5 Å². The quantitative estimate of drug-likeness (QED) is 0.655. The first-order valence-corrected chi connectivity index (χ1v) is 7.50. The number of nitrogens with one attached hydrogen (secondary N) is 1. The van der Waals surface area contributed by atoms with Gasteiger partial charge < -0.3 is 15.0 Å². The topological polar surface area (TPSA) is 44.8 Å². The third kappa shape index (κ3) is 5.89. The maximum absolute atomic E-state index is 12.0. The summed E-state index contributed by atoms with van der Waals surface area (Å²) in [5.41, 5.74) is 0. The van der Waals surface area contributed by atoms with Crippen molar-refractivity contribution in [1.29, 1.82) is 0 Å². The molecule has 0 aromatic carbocycles. The molecule has 1 unspecified atom stereocenters. The van der Waals surface area contributed by atoms with Gasteiger partial charge in [0, 0.05) is 45.9 Å². The van der Waals surface area contributed by atoms with Crippen LogP contribution in [0.3, 0.4) is 0 Å². The summed E-state index contributed by atoms with van der Waals surface area (Å²) in [6.45, 7) is 13.6. The number of hydrogen-bond donors (Lipinski definition) is 1. The first-order valence-electron chi connectivity index (χ1n) is 7.50. The third-order valence-electron chi connectivity index (χ3n) is 3.75. The molecule has 1 atom stereocenters. The molecule has 0 aromatic rings. The first-order chi connectivity index (χ1) is 9.19. The number of piperazine rings is 1. The molecule has 112 valence electrons. The molecule has 0 aliphatic carbocycles. The molecule has 0 aromatic heterocycles. The van der Waals surface area contributed by atoms with Crippen molar-refractivity contribution in [2.24, 2.45) is 0 Å². The minimum atomic E-state index is -0.0221. The number of amides is 1. The molecule has 1 amide bonds. The van der Waals surface area contributed by atoms with E-state index in [4.69, 9.17) is 4.74 Å². The zero-order valence-electron chi connectivity index (χ0n) is 12.7. The monoisotopic (exact) mass is 271 g/mol. The predicted molar refractivity (Wildman–Crippen MR) is 77.3 cm³/mol. The summed E-state index contributed by atoms with van der Waals surface area (Å²) < 4.78 is 5.25. The van der Waals surface area contributed by atoms with Crippen molar-refractivity contribution < 1.29 is 9.53 Å². The van der Waals surface area contributed by atoms with Crippen LogP contribution >= 0.6 is 0 Å². The molecular formula is C14H29N3O2. The van der Waals surface area contributed by atoms with Crippen LogP contribution in [0.2, 0.25) is 0 Å². The lowest BCUT2D eigenvalue weighted by Gasteiger charge is -2.36. The molecule has 1 fully saturated rings. The van der Waals surface area contributed by atoms with Crippen molar-refractivity contribution >= 4 is 5.91 Å². The highest BCUT2D eigenvalue weighted by Crippen LogP contribution is 2.06. The van der Waals surface area contributed by atoms with Gasteiger partial charge in [0.25, 0.3) is 0 Å². The van der Waals surface area contributed by atoms with E-state index in [1.54, 1.807) is 0 Å². The van der Waals surface area contributed by atoms with Crippen LogP contribution in [0.5, 0.6) is 0 Å². The summed E-state index contributed by atoms with van der Waals surface area (Å²) in [5, 5.41) is 2.99. The Kier molecular flexibility index (Phi) is 8.02. The lowest BCUT2D eigenvalue weighted by atomic mass is 10.2. The molecule has 0 saturated carbocycles. The van der Waals surface area contributed by atoms with Crippen molar-refractivity contribution in [1.82, 2.24) is 15.1 Å². The highest BCUT2D eigenvalue weighted by molar-refractivity contribution is 5.81. The summed E-state index contributed by atoms with van der Waals surface area (Å²) in [4.78, 5) is 16.7. The van der Waals surface area contributed by atoms with Gasteiger partial charge in [0.15, 0.2) is 0 Å². The Morgan fingerprint density at radius 2 is 1.95 bits per heavy atom. The summed E-state index contributed by atoms with van der Waals surface area (Å²) in [6, 6.07) is -0.0221. The largest absolute Gasteiger partial charge is 0.382 e. The van der Waals surface area contributed by atoms with E-state index in [2.05, 4.69) is 22.0 Å². The van der Waals surface area contributed by atoms with E-state index >= 15 is 0 Å². The standard InChI is InChI=1S/C14H29N3O2/c1-4-16-8-10-17(11-9-16)13(3)14(18)15-7-6-12-19-5-2/h13H,4-12H2,1-3H3,(H,15,18). The number of likely N-dealkylation sites (N-methyl/N-ethyl adjacent to an activating group) is 1. The zero-order valence-corrected chi connectivity index (χ0v) is 12.7. The number of carbonyl (C=O) groups excluding carboxylic acids is 1. The second kappa shape index (κ2) is 9.28. The number of nitrogens with zero attached hydrogens (tertiary/aromatic N) is 2. The second-order valence-electron chi connectivity index (χ2n) is 4.99. The molecule has 1 N–H and O–H groups in total. The van der Waals surface area contributed by atoms with Gasteiger partial charge in [-0.3, -0.25) is 9.69 Å². The molecule has 1 saturated heterocycles. The average molecular weight is 271 g/mol. The summed E-state index contributed by atoms with van der Waals surface area (Å²) in [5.74, 6) is 0.140. The van der Waals surface area contributed by atoms with Crippen molar-refractivity contribution in [3.63, 3.8) is 0 Å². The Hall–Kier alpha value is -0.650. The summed E-state index contributed by atoms with van der Waals surface area (Å²) in [7, 11) is 0. The number of ether oxygens (including phenoxy) is 1. The Bertz CT molecular complexity index is 253. The maximum atomic E-state index is 12.0. The number of carbonyl (C=O) groups is 1. The molecule has 5 nitrogen and oxygen atoms in total. The fourth-order valence-corrected chi connectivity index (χ4v) is 2.31. The van der Waals surface area contributed by atoms with Crippen LogP contribution in [0.1, 0.15) is 27.2 Å². The van der Waals surface area contributed by atoms with Crippen LogP contribution in [0.4, 0.5) is 0 Å². The van der Waals surface area contributed by atoms with Gasteiger partial charge in [-0.25, -0.2) is 0 Å². The third-order valence-corrected chi connectivity index (χ3v) is 3.75. The second-order valence-corrected chi connectivity index (χ2v) is 4.99. The Labute approximate surface area is 117 Å². The summed E-state index contributed by atoms with van der Waals surface area (Å²) >= 11 is 0. The maximum Gasteiger partial charge on any atom is 0.237 e. The van der Waals surface area contributed by atoms with E-state index < -0.39 is 0 Å². The lowest BCUT2D eigenvalue weighted by Crippen LogP contribution is -2.53. The fraction of sp³-hybridized carbons (Fsp3) is 0.929. The highest BCUT2D eigenvalue weighted by Gasteiger charge is 2.24. The van der Waals surface area contributed by atoms with E-state index in [-0.39, 0.29) is 11.9 Å². The van der Waals surface area contributed by atoms with Gasteiger partial charge in [-0.2, -0.15) is 0 Å². The van der Waals surface area contributed by atoms with Crippen LogP contribution in [0.15, 0.2) is 0 Å². The van der Waals surface area contributed by atoms with Crippen LogP contribution in [-0.4, -0.2) is 74.2 Å². The normalized spacial score (nSPS) is 19.3. The van der Waals surface area contributed by atoms with Gasteiger partial charge in [-0.15, -0.1) is 0 Å². The molecular weight excluding hydrogens is 242 g/mol. The van der Waals surface area contributed by atoms with Gasteiger partial charge >= 0.3 is 0 Å². The fourth-order valence-electron chi connectivity index (χ4n) is 2.31. The Balaban J connectivity index is 2.17. The predicted octanol–water partition coefficient (Wildman–Crippen LogP) is 0.555. The summed E-state index contributed by atoms with van der Waals surface area (Å²) in [6.07, 6.45) is 0.885. The highest BCUT2D eigenvalue weighted by atomic mass is 16.5. The SMILES string of the molecule is CCOCCCNC(=O)C(C)N1CCN(CC)CC1. The molecule has 1 aliphatic heterocycles. The minimum absolute atomic E-state index is 0.0221. The van der Waals surface area contributed by atoms with Gasteiger partial charge in [-0.05, 0) is 26.8 Å². The molecule has 0 spiro atoms. The molecule has 1 aliphatic rings. The molecule has 1 heterocycles. The van der Waals surface area contributed by atoms with Gasteiger partial charge in [0.1, 0.15) is 0 Å². The van der Waals surface area contributed by atoms with Crippen molar-refractivity contribution in [3.05, 3.63) is 0 Å². The molecule has 5 heteroatoms. The van der Waals surface area contributed by atoms with E-state index in [0.717, 1.165) is 52.4 Å². The zero-order chi connectivity index (χ0) is 14.1. The minimum Gasteiger partial charge on any atom is -0.382 e. The van der Waals surface area contributed by atoms with Gasteiger partial charge in [-0.1, -0.05) is 6.92 Å². The van der Waals surface area contributed by atoms with Crippen LogP contribution in [0.25, 0.3) is 0 Å². The average Bonchev–Trinajstić information content (AvgIpc) is 2.46. The van der Waals surface area contributed by atoms with Crippen LogP contribution < -0.4 is 5.32 Å². The van der Waals surface area contributed by atoms with E-state index in [0.29, 0.717) is 6.54 Å².